The summed E-state index contributed by atoms with van der Waals surface area (Å²) in [5.41, 5.74) is -0.383. The highest BCUT2D eigenvalue weighted by Gasteiger charge is 2.47. The third-order valence-corrected chi connectivity index (χ3v) is 3.34. The van der Waals surface area contributed by atoms with Crippen molar-refractivity contribution >= 4 is 0 Å². The third-order valence-electron chi connectivity index (χ3n) is 3.34. The Kier molecular flexibility index (Phi) is 2.54. The number of rotatable bonds is 5. The lowest BCUT2D eigenvalue weighted by atomic mass is 10.3. The van der Waals surface area contributed by atoms with Crippen LogP contribution < -0.4 is 10.1 Å². The van der Waals surface area contributed by atoms with Crippen LogP contribution in [0.2, 0.25) is 0 Å². The largest absolute Gasteiger partial charge is 0.480 e. The van der Waals surface area contributed by atoms with Crippen LogP contribution in [-0.4, -0.2) is 18.2 Å². The third kappa shape index (κ3) is 2.41. The maximum atomic E-state index is 13.4. The summed E-state index contributed by atoms with van der Waals surface area (Å²) in [4.78, 5) is 0. The molecule has 0 spiro atoms. The molecule has 2 aliphatic carbocycles. The second-order valence-electron chi connectivity index (χ2n) is 4.99. The summed E-state index contributed by atoms with van der Waals surface area (Å²) in [6.45, 7) is 0.686. The standard InChI is InChI=1S/C13H15F2NO/c14-10-2-1-3-11(15)12(10)17-13(6-7-13)8-16-9-4-5-9/h1-3,9,16H,4-8H2. The first kappa shape index (κ1) is 11.0. The molecule has 0 saturated heterocycles. The van der Waals surface area contributed by atoms with Gasteiger partial charge in [0, 0.05) is 12.6 Å². The van der Waals surface area contributed by atoms with Crippen LogP contribution in [0.1, 0.15) is 25.7 Å². The summed E-state index contributed by atoms with van der Waals surface area (Å²) in [6.07, 6.45) is 4.12. The predicted octanol–water partition coefficient (Wildman–Crippen LogP) is 2.63. The molecule has 1 N–H and O–H groups in total. The first-order valence-electron chi connectivity index (χ1n) is 6.05. The Balaban J connectivity index is 1.68. The maximum Gasteiger partial charge on any atom is 0.191 e. The van der Waals surface area contributed by atoms with Crippen LogP contribution in [0.5, 0.6) is 5.75 Å². The minimum Gasteiger partial charge on any atom is -0.480 e. The van der Waals surface area contributed by atoms with E-state index in [9.17, 15) is 8.78 Å². The molecule has 0 unspecified atom stereocenters. The maximum absolute atomic E-state index is 13.4. The lowest BCUT2D eigenvalue weighted by molar-refractivity contribution is 0.159. The molecule has 1 aromatic rings. The van der Waals surface area contributed by atoms with Crippen molar-refractivity contribution in [3.8, 4) is 5.75 Å². The highest BCUT2D eigenvalue weighted by atomic mass is 19.1. The molecule has 0 radical (unpaired) electrons. The van der Waals surface area contributed by atoms with Crippen molar-refractivity contribution in [1.29, 1.82) is 0 Å². The van der Waals surface area contributed by atoms with Gasteiger partial charge >= 0.3 is 0 Å². The van der Waals surface area contributed by atoms with Gasteiger partial charge in [-0.3, -0.25) is 0 Å². The number of nitrogens with one attached hydrogen (secondary N) is 1. The molecule has 0 aliphatic heterocycles. The van der Waals surface area contributed by atoms with E-state index >= 15 is 0 Å². The first-order valence-corrected chi connectivity index (χ1v) is 6.05. The Hall–Kier alpha value is -1.16. The number of para-hydroxylation sites is 1. The van der Waals surface area contributed by atoms with Gasteiger partial charge in [0.2, 0.25) is 0 Å². The van der Waals surface area contributed by atoms with E-state index in [1.54, 1.807) is 0 Å². The number of ether oxygens (including phenoxy) is 1. The molecular formula is C13H15F2NO. The van der Waals surface area contributed by atoms with Gasteiger partial charge in [-0.05, 0) is 37.8 Å². The fourth-order valence-corrected chi connectivity index (χ4v) is 1.87. The van der Waals surface area contributed by atoms with Crippen LogP contribution >= 0.6 is 0 Å². The van der Waals surface area contributed by atoms with Gasteiger partial charge in [-0.1, -0.05) is 6.07 Å². The Bertz CT molecular complexity index is 407. The molecule has 17 heavy (non-hydrogen) atoms. The first-order chi connectivity index (χ1) is 8.19. The van der Waals surface area contributed by atoms with Gasteiger partial charge in [-0.15, -0.1) is 0 Å². The number of halogens is 2. The minimum absolute atomic E-state index is 0.234. The van der Waals surface area contributed by atoms with E-state index in [0.717, 1.165) is 12.8 Å². The highest BCUT2D eigenvalue weighted by molar-refractivity contribution is 5.28. The van der Waals surface area contributed by atoms with Crippen molar-refractivity contribution in [1.82, 2.24) is 5.32 Å². The van der Waals surface area contributed by atoms with Crippen molar-refractivity contribution in [2.45, 2.75) is 37.3 Å². The molecule has 0 amide bonds. The van der Waals surface area contributed by atoms with Crippen LogP contribution in [0.4, 0.5) is 8.78 Å². The zero-order valence-electron chi connectivity index (χ0n) is 9.51. The van der Waals surface area contributed by atoms with E-state index in [1.165, 1.54) is 31.0 Å². The molecular weight excluding hydrogens is 224 g/mol. The Morgan fingerprint density at radius 3 is 2.41 bits per heavy atom. The summed E-state index contributed by atoms with van der Waals surface area (Å²) in [6, 6.07) is 4.38. The molecule has 2 fully saturated rings. The molecule has 2 aliphatic rings. The summed E-state index contributed by atoms with van der Waals surface area (Å²) in [5.74, 6) is -1.48. The van der Waals surface area contributed by atoms with Gasteiger partial charge in [0.1, 0.15) is 5.60 Å². The zero-order chi connectivity index (χ0) is 11.9. The minimum atomic E-state index is -0.623. The fourth-order valence-electron chi connectivity index (χ4n) is 1.87. The molecule has 2 saturated carbocycles. The Morgan fingerprint density at radius 2 is 1.88 bits per heavy atom. The fraction of sp³-hybridized carbons (Fsp3) is 0.538. The molecule has 92 valence electrons. The average molecular weight is 239 g/mol. The molecule has 2 nitrogen and oxygen atoms in total. The molecule has 0 heterocycles. The Labute approximate surface area is 99.0 Å². The van der Waals surface area contributed by atoms with Crippen molar-refractivity contribution in [2.75, 3.05) is 6.54 Å². The van der Waals surface area contributed by atoms with E-state index < -0.39 is 11.6 Å². The molecule has 0 atom stereocenters. The van der Waals surface area contributed by atoms with E-state index in [-0.39, 0.29) is 11.4 Å². The van der Waals surface area contributed by atoms with Gasteiger partial charge < -0.3 is 10.1 Å². The topological polar surface area (TPSA) is 21.3 Å². The molecule has 4 heteroatoms. The molecule has 0 bridgehead atoms. The van der Waals surface area contributed by atoms with Crippen molar-refractivity contribution in [2.24, 2.45) is 0 Å². The van der Waals surface area contributed by atoms with Crippen molar-refractivity contribution in [3.05, 3.63) is 29.8 Å². The van der Waals surface area contributed by atoms with Crippen LogP contribution in [0, 0.1) is 11.6 Å². The van der Waals surface area contributed by atoms with Gasteiger partial charge in [0.05, 0.1) is 0 Å². The van der Waals surface area contributed by atoms with Crippen LogP contribution in [0.25, 0.3) is 0 Å². The monoisotopic (exact) mass is 239 g/mol. The zero-order valence-corrected chi connectivity index (χ0v) is 9.51. The van der Waals surface area contributed by atoms with Crippen LogP contribution in [0.15, 0.2) is 18.2 Å². The predicted molar refractivity (Wildman–Crippen MR) is 60.0 cm³/mol. The van der Waals surface area contributed by atoms with Gasteiger partial charge in [-0.25, -0.2) is 8.78 Å². The lowest BCUT2D eigenvalue weighted by Crippen LogP contribution is -2.34. The number of hydrogen-bond donors (Lipinski definition) is 1. The van der Waals surface area contributed by atoms with E-state index in [4.69, 9.17) is 4.74 Å². The second-order valence-corrected chi connectivity index (χ2v) is 4.99. The number of hydrogen-bond acceptors (Lipinski definition) is 2. The van der Waals surface area contributed by atoms with E-state index in [2.05, 4.69) is 5.32 Å². The summed E-state index contributed by atoms with van der Waals surface area (Å²) in [7, 11) is 0. The van der Waals surface area contributed by atoms with Crippen molar-refractivity contribution in [3.63, 3.8) is 0 Å². The second kappa shape index (κ2) is 3.95. The van der Waals surface area contributed by atoms with Crippen LogP contribution in [0.3, 0.4) is 0 Å². The smallest absolute Gasteiger partial charge is 0.191 e. The summed E-state index contributed by atoms with van der Waals surface area (Å²) < 4.78 is 32.4. The Morgan fingerprint density at radius 1 is 1.24 bits per heavy atom. The molecule has 1 aromatic carbocycles. The van der Waals surface area contributed by atoms with Crippen molar-refractivity contribution < 1.29 is 13.5 Å². The quantitative estimate of drug-likeness (QED) is 0.852. The highest BCUT2D eigenvalue weighted by Crippen LogP contribution is 2.41. The van der Waals surface area contributed by atoms with Crippen LogP contribution in [-0.2, 0) is 0 Å². The van der Waals surface area contributed by atoms with Gasteiger partial charge in [-0.2, -0.15) is 0 Å². The average Bonchev–Trinajstić information content (AvgIpc) is 3.17. The normalized spacial score (nSPS) is 21.3. The SMILES string of the molecule is Fc1cccc(F)c1OC1(CNC2CC2)CC1. The molecule has 3 rings (SSSR count). The summed E-state index contributed by atoms with van der Waals surface area (Å²) >= 11 is 0. The lowest BCUT2D eigenvalue weighted by Gasteiger charge is -2.19. The van der Waals surface area contributed by atoms with Gasteiger partial charge in [0.25, 0.3) is 0 Å². The number of benzene rings is 1. The molecule has 0 aromatic heterocycles. The van der Waals surface area contributed by atoms with Gasteiger partial charge in [0.15, 0.2) is 17.4 Å². The van der Waals surface area contributed by atoms with E-state index in [1.807, 2.05) is 0 Å². The summed E-state index contributed by atoms with van der Waals surface area (Å²) in [5, 5.41) is 3.35. The van der Waals surface area contributed by atoms with E-state index in [0.29, 0.717) is 12.6 Å².